The van der Waals surface area contributed by atoms with Gasteiger partial charge in [-0.2, -0.15) is 0 Å². The van der Waals surface area contributed by atoms with Crippen LogP contribution in [-0.4, -0.2) is 26.6 Å². The highest BCUT2D eigenvalue weighted by Gasteiger charge is 2.29. The van der Waals surface area contributed by atoms with Crippen molar-refractivity contribution in [2.45, 2.75) is 26.8 Å². The molecule has 0 aliphatic heterocycles. The molecule has 134 valence electrons. The van der Waals surface area contributed by atoms with Crippen LogP contribution in [0.25, 0.3) is 0 Å². The molecule has 0 spiro atoms. The van der Waals surface area contributed by atoms with Crippen LogP contribution >= 0.6 is 11.6 Å². The minimum Gasteiger partial charge on any atom is -0.323 e. The first kappa shape index (κ1) is 19.3. The summed E-state index contributed by atoms with van der Waals surface area (Å²) in [7, 11) is -3.65. The maximum Gasteiger partial charge on any atom is 0.248 e. The van der Waals surface area contributed by atoms with Crippen molar-refractivity contribution in [3.8, 4) is 0 Å². The lowest BCUT2D eigenvalue weighted by Crippen LogP contribution is -2.45. The van der Waals surface area contributed by atoms with E-state index in [1.165, 1.54) is 0 Å². The zero-order chi connectivity index (χ0) is 18.8. The van der Waals surface area contributed by atoms with Crippen LogP contribution in [0.2, 0.25) is 5.02 Å². The molecule has 0 aliphatic rings. The van der Waals surface area contributed by atoms with E-state index in [1.54, 1.807) is 43.3 Å². The van der Waals surface area contributed by atoms with E-state index >= 15 is 0 Å². The average Bonchev–Trinajstić information content (AvgIpc) is 2.51. The number of aryl methyl sites for hydroxylation is 2. The number of nitrogens with zero attached hydrogens (tertiary/aromatic N) is 1. The van der Waals surface area contributed by atoms with Gasteiger partial charge >= 0.3 is 0 Å². The number of para-hydroxylation sites is 1. The summed E-state index contributed by atoms with van der Waals surface area (Å²) in [4.78, 5) is 12.6. The largest absolute Gasteiger partial charge is 0.323 e. The van der Waals surface area contributed by atoms with Crippen molar-refractivity contribution in [1.82, 2.24) is 0 Å². The molecule has 1 N–H and O–H groups in total. The Hall–Kier alpha value is -2.05. The molecule has 0 fully saturated rings. The Morgan fingerprint density at radius 1 is 1.12 bits per heavy atom. The lowest BCUT2D eigenvalue weighted by molar-refractivity contribution is -0.116. The Labute approximate surface area is 153 Å². The number of hydrogen-bond acceptors (Lipinski definition) is 3. The Morgan fingerprint density at radius 2 is 1.76 bits per heavy atom. The fourth-order valence-corrected chi connectivity index (χ4v) is 3.82. The van der Waals surface area contributed by atoms with Crippen molar-refractivity contribution in [3.63, 3.8) is 0 Å². The molecular formula is C18H21ClN2O3S. The maximum absolute atomic E-state index is 12.6. The SMILES string of the molecule is Cc1ccc(N([C@H](C)C(=O)Nc2ccccc2Cl)S(C)(=O)=O)cc1C. The molecule has 0 aliphatic carbocycles. The highest BCUT2D eigenvalue weighted by Crippen LogP contribution is 2.25. The van der Waals surface area contributed by atoms with Gasteiger partial charge in [-0.3, -0.25) is 9.10 Å². The van der Waals surface area contributed by atoms with E-state index in [2.05, 4.69) is 5.32 Å². The summed E-state index contributed by atoms with van der Waals surface area (Å²) < 4.78 is 25.7. The van der Waals surface area contributed by atoms with Gasteiger partial charge in [-0.05, 0) is 56.2 Å². The van der Waals surface area contributed by atoms with Crippen LogP contribution in [0.15, 0.2) is 42.5 Å². The number of hydrogen-bond donors (Lipinski definition) is 1. The maximum atomic E-state index is 12.6. The normalized spacial score (nSPS) is 12.5. The molecule has 5 nitrogen and oxygen atoms in total. The second-order valence-electron chi connectivity index (χ2n) is 5.97. The fourth-order valence-electron chi connectivity index (χ4n) is 2.47. The molecule has 25 heavy (non-hydrogen) atoms. The van der Waals surface area contributed by atoms with E-state index in [4.69, 9.17) is 11.6 Å². The van der Waals surface area contributed by atoms with Crippen molar-refractivity contribution in [1.29, 1.82) is 0 Å². The number of benzene rings is 2. The number of rotatable bonds is 5. The first-order valence-electron chi connectivity index (χ1n) is 7.73. The van der Waals surface area contributed by atoms with Gasteiger partial charge in [0.1, 0.15) is 6.04 Å². The summed E-state index contributed by atoms with van der Waals surface area (Å²) in [6.07, 6.45) is 1.08. The Kier molecular flexibility index (Phi) is 5.75. The monoisotopic (exact) mass is 380 g/mol. The molecule has 2 aromatic carbocycles. The minimum absolute atomic E-state index is 0.389. The third-order valence-electron chi connectivity index (χ3n) is 3.97. The minimum atomic E-state index is -3.65. The predicted molar refractivity (Wildman–Crippen MR) is 103 cm³/mol. The molecule has 0 saturated carbocycles. The summed E-state index contributed by atoms with van der Waals surface area (Å²) in [6.45, 7) is 5.38. The number of nitrogens with one attached hydrogen (secondary N) is 1. The van der Waals surface area contributed by atoms with Crippen molar-refractivity contribution >= 4 is 38.9 Å². The van der Waals surface area contributed by atoms with Gasteiger partial charge < -0.3 is 5.32 Å². The fraction of sp³-hybridized carbons (Fsp3) is 0.278. The molecule has 0 bridgehead atoms. The summed E-state index contributed by atoms with van der Waals surface area (Å²) in [5.74, 6) is -0.461. The highest BCUT2D eigenvalue weighted by molar-refractivity contribution is 7.92. The molecule has 7 heteroatoms. The van der Waals surface area contributed by atoms with Gasteiger partial charge in [0, 0.05) is 0 Å². The van der Waals surface area contributed by atoms with E-state index in [0.29, 0.717) is 16.4 Å². The lowest BCUT2D eigenvalue weighted by atomic mass is 10.1. The van der Waals surface area contributed by atoms with E-state index in [1.807, 2.05) is 19.9 Å². The summed E-state index contributed by atoms with van der Waals surface area (Å²) in [6, 6.07) is 11.2. The van der Waals surface area contributed by atoms with Crippen LogP contribution in [0.5, 0.6) is 0 Å². The number of carbonyl (C=O) groups is 1. The van der Waals surface area contributed by atoms with Gasteiger partial charge in [-0.15, -0.1) is 0 Å². The van der Waals surface area contributed by atoms with E-state index in [9.17, 15) is 13.2 Å². The van der Waals surface area contributed by atoms with Crippen LogP contribution < -0.4 is 9.62 Å². The second-order valence-corrected chi connectivity index (χ2v) is 8.24. The van der Waals surface area contributed by atoms with Crippen LogP contribution in [0.3, 0.4) is 0 Å². The quantitative estimate of drug-likeness (QED) is 0.858. The smallest absolute Gasteiger partial charge is 0.248 e. The topological polar surface area (TPSA) is 66.5 Å². The van der Waals surface area contributed by atoms with Crippen molar-refractivity contribution in [2.24, 2.45) is 0 Å². The number of anilines is 2. The van der Waals surface area contributed by atoms with Gasteiger partial charge in [0.05, 0.1) is 22.7 Å². The van der Waals surface area contributed by atoms with Gasteiger partial charge in [-0.25, -0.2) is 8.42 Å². The standard InChI is InChI=1S/C18H21ClN2O3S/c1-12-9-10-15(11-13(12)2)21(25(4,23)24)14(3)18(22)20-17-8-6-5-7-16(17)19/h5-11,14H,1-4H3,(H,20,22)/t14-/m1/s1. The Bertz CT molecular complexity index is 897. The molecule has 0 aromatic heterocycles. The number of halogens is 1. The van der Waals surface area contributed by atoms with Gasteiger partial charge in [0.2, 0.25) is 15.9 Å². The Balaban J connectivity index is 2.36. The van der Waals surface area contributed by atoms with E-state index < -0.39 is 22.0 Å². The Morgan fingerprint density at radius 3 is 2.32 bits per heavy atom. The number of sulfonamides is 1. The van der Waals surface area contributed by atoms with Crippen LogP contribution in [0.4, 0.5) is 11.4 Å². The molecule has 2 aromatic rings. The van der Waals surface area contributed by atoms with Crippen LogP contribution in [0.1, 0.15) is 18.1 Å². The average molecular weight is 381 g/mol. The summed E-state index contributed by atoms with van der Waals surface area (Å²) >= 11 is 6.05. The third kappa shape index (κ3) is 4.52. The molecule has 0 unspecified atom stereocenters. The molecule has 0 radical (unpaired) electrons. The highest BCUT2D eigenvalue weighted by atomic mass is 35.5. The summed E-state index contributed by atoms with van der Waals surface area (Å²) in [5, 5.41) is 3.07. The zero-order valence-electron chi connectivity index (χ0n) is 14.6. The van der Waals surface area contributed by atoms with Crippen molar-refractivity contribution < 1.29 is 13.2 Å². The molecule has 2 rings (SSSR count). The zero-order valence-corrected chi connectivity index (χ0v) is 16.1. The first-order chi connectivity index (χ1) is 11.6. The molecule has 1 atom stereocenters. The molecule has 0 heterocycles. The van der Waals surface area contributed by atoms with Gasteiger partial charge in [0.25, 0.3) is 0 Å². The second kappa shape index (κ2) is 7.45. The van der Waals surface area contributed by atoms with Gasteiger partial charge in [0.15, 0.2) is 0 Å². The van der Waals surface area contributed by atoms with Gasteiger partial charge in [-0.1, -0.05) is 29.8 Å². The predicted octanol–water partition coefficient (Wildman–Crippen LogP) is 3.75. The van der Waals surface area contributed by atoms with Crippen LogP contribution in [0, 0.1) is 13.8 Å². The van der Waals surface area contributed by atoms with E-state index in [0.717, 1.165) is 21.7 Å². The van der Waals surface area contributed by atoms with Crippen molar-refractivity contribution in [3.05, 3.63) is 58.6 Å². The lowest BCUT2D eigenvalue weighted by Gasteiger charge is -2.28. The van der Waals surface area contributed by atoms with Crippen LogP contribution in [-0.2, 0) is 14.8 Å². The molecular weight excluding hydrogens is 360 g/mol. The van der Waals surface area contributed by atoms with E-state index in [-0.39, 0.29) is 0 Å². The summed E-state index contributed by atoms with van der Waals surface area (Å²) in [5.41, 5.74) is 2.89. The molecule has 1 amide bonds. The molecule has 0 saturated heterocycles. The first-order valence-corrected chi connectivity index (χ1v) is 9.96. The third-order valence-corrected chi connectivity index (χ3v) is 5.54. The number of amides is 1. The van der Waals surface area contributed by atoms with Crippen molar-refractivity contribution in [2.75, 3.05) is 15.9 Å². The number of carbonyl (C=O) groups excluding carboxylic acids is 1.